The molecule has 1 atom stereocenters. The molecule has 3 aliphatic rings. The highest BCUT2D eigenvalue weighted by molar-refractivity contribution is 5.79. The average Bonchev–Trinajstić information content (AvgIpc) is 2.80. The van der Waals surface area contributed by atoms with Crippen LogP contribution in [0.2, 0.25) is 0 Å². The van der Waals surface area contributed by atoms with Gasteiger partial charge in [0, 0.05) is 45.1 Å². The van der Waals surface area contributed by atoms with Crippen molar-refractivity contribution in [3.05, 3.63) is 30.1 Å². The third kappa shape index (κ3) is 5.82. The molecule has 0 N–H and O–H groups in total. The molecule has 30 heavy (non-hydrogen) atoms. The van der Waals surface area contributed by atoms with Crippen LogP contribution in [-0.4, -0.2) is 71.4 Å². The van der Waals surface area contributed by atoms with Gasteiger partial charge in [-0.15, -0.1) is 0 Å². The fourth-order valence-corrected chi connectivity index (χ4v) is 5.89. The lowest BCUT2D eigenvalue weighted by Gasteiger charge is -2.42. The summed E-state index contributed by atoms with van der Waals surface area (Å²) >= 11 is 0. The molecular formula is C25H40N4O. The van der Waals surface area contributed by atoms with Crippen LogP contribution < -0.4 is 0 Å². The van der Waals surface area contributed by atoms with Crippen molar-refractivity contribution in [1.29, 1.82) is 0 Å². The Morgan fingerprint density at radius 3 is 2.60 bits per heavy atom. The normalized spacial score (nSPS) is 25.3. The van der Waals surface area contributed by atoms with E-state index in [-0.39, 0.29) is 5.92 Å². The SMILES string of the molecule is CN(CC1CCCCC1)C(=O)[C@H]1CCCN(C2CCN(Cc3cccnc3)CC2)C1. The molecule has 1 amide bonds. The minimum absolute atomic E-state index is 0.209. The van der Waals surface area contributed by atoms with E-state index in [4.69, 9.17) is 0 Å². The molecule has 1 aromatic rings. The number of pyridine rings is 1. The van der Waals surface area contributed by atoms with Crippen LogP contribution in [0.5, 0.6) is 0 Å². The van der Waals surface area contributed by atoms with Crippen LogP contribution in [0.4, 0.5) is 0 Å². The second-order valence-electron chi connectivity index (χ2n) is 9.93. The van der Waals surface area contributed by atoms with E-state index in [0.29, 0.717) is 11.9 Å². The van der Waals surface area contributed by atoms with E-state index >= 15 is 0 Å². The number of likely N-dealkylation sites (tertiary alicyclic amines) is 2. The second kappa shape index (κ2) is 10.7. The van der Waals surface area contributed by atoms with Gasteiger partial charge in [-0.1, -0.05) is 25.3 Å². The molecule has 1 saturated carbocycles. The molecule has 3 fully saturated rings. The van der Waals surface area contributed by atoms with E-state index in [2.05, 4.69) is 25.8 Å². The zero-order valence-electron chi connectivity index (χ0n) is 18.8. The first-order chi connectivity index (χ1) is 14.7. The van der Waals surface area contributed by atoms with Gasteiger partial charge in [0.2, 0.25) is 5.91 Å². The molecular weight excluding hydrogens is 372 g/mol. The Balaban J connectivity index is 1.23. The topological polar surface area (TPSA) is 39.7 Å². The number of amides is 1. The molecule has 4 rings (SSSR count). The van der Waals surface area contributed by atoms with Crippen molar-refractivity contribution in [2.45, 2.75) is 70.4 Å². The lowest BCUT2D eigenvalue weighted by molar-refractivity contribution is -0.137. The highest BCUT2D eigenvalue weighted by Gasteiger charge is 2.33. The van der Waals surface area contributed by atoms with Crippen LogP contribution in [0.3, 0.4) is 0 Å². The maximum Gasteiger partial charge on any atom is 0.226 e. The average molecular weight is 413 g/mol. The Labute approximate surface area is 182 Å². The fraction of sp³-hybridized carbons (Fsp3) is 0.760. The van der Waals surface area contributed by atoms with E-state index in [1.165, 1.54) is 63.5 Å². The van der Waals surface area contributed by atoms with Crippen LogP contribution in [0, 0.1) is 11.8 Å². The largest absolute Gasteiger partial charge is 0.345 e. The third-order valence-corrected chi connectivity index (χ3v) is 7.64. The first kappa shape index (κ1) is 21.8. The van der Waals surface area contributed by atoms with Crippen molar-refractivity contribution in [1.82, 2.24) is 19.7 Å². The Morgan fingerprint density at radius 2 is 1.87 bits per heavy atom. The number of rotatable bonds is 6. The Kier molecular flexibility index (Phi) is 7.78. The zero-order chi connectivity index (χ0) is 20.8. The third-order valence-electron chi connectivity index (χ3n) is 7.64. The van der Waals surface area contributed by atoms with Gasteiger partial charge in [-0.2, -0.15) is 0 Å². The minimum atomic E-state index is 0.209. The standard InChI is InChI=1S/C25H40N4O/c1-27(18-21-7-3-2-4-8-21)25(30)23-10-6-14-29(20-23)24-11-15-28(16-12-24)19-22-9-5-13-26-17-22/h5,9,13,17,21,23-24H,2-4,6-8,10-12,14-16,18-20H2,1H3/t23-/m0/s1. The van der Waals surface area contributed by atoms with E-state index in [1.54, 1.807) is 0 Å². The van der Waals surface area contributed by atoms with Gasteiger partial charge in [0.1, 0.15) is 0 Å². The van der Waals surface area contributed by atoms with Crippen molar-refractivity contribution in [3.8, 4) is 0 Å². The monoisotopic (exact) mass is 412 g/mol. The van der Waals surface area contributed by atoms with Gasteiger partial charge in [0.15, 0.2) is 0 Å². The molecule has 3 heterocycles. The number of carbonyl (C=O) groups is 1. The molecule has 0 spiro atoms. The van der Waals surface area contributed by atoms with Crippen LogP contribution >= 0.6 is 0 Å². The number of piperidine rings is 2. The van der Waals surface area contributed by atoms with E-state index in [0.717, 1.165) is 45.1 Å². The summed E-state index contributed by atoms with van der Waals surface area (Å²) < 4.78 is 0. The van der Waals surface area contributed by atoms with Gasteiger partial charge < -0.3 is 4.90 Å². The Morgan fingerprint density at radius 1 is 1.07 bits per heavy atom. The highest BCUT2D eigenvalue weighted by Crippen LogP contribution is 2.27. The minimum Gasteiger partial charge on any atom is -0.345 e. The van der Waals surface area contributed by atoms with Crippen LogP contribution in [0.1, 0.15) is 63.4 Å². The lowest BCUT2D eigenvalue weighted by atomic mass is 9.88. The smallest absolute Gasteiger partial charge is 0.226 e. The molecule has 0 bridgehead atoms. The number of carbonyl (C=O) groups excluding carboxylic acids is 1. The van der Waals surface area contributed by atoms with Crippen molar-refractivity contribution >= 4 is 5.91 Å². The summed E-state index contributed by atoms with van der Waals surface area (Å²) in [6, 6.07) is 4.84. The molecule has 0 aromatic carbocycles. The summed E-state index contributed by atoms with van der Waals surface area (Å²) in [5, 5.41) is 0. The first-order valence-electron chi connectivity index (χ1n) is 12.3. The summed E-state index contributed by atoms with van der Waals surface area (Å²) in [5.74, 6) is 1.34. The fourth-order valence-electron chi connectivity index (χ4n) is 5.89. The van der Waals surface area contributed by atoms with Gasteiger partial charge in [-0.3, -0.25) is 19.6 Å². The number of nitrogens with zero attached hydrogens (tertiary/aromatic N) is 4. The number of aromatic nitrogens is 1. The van der Waals surface area contributed by atoms with Gasteiger partial charge in [-0.25, -0.2) is 0 Å². The zero-order valence-corrected chi connectivity index (χ0v) is 18.8. The van der Waals surface area contributed by atoms with E-state index in [1.807, 2.05) is 25.5 Å². The molecule has 0 radical (unpaired) electrons. The summed E-state index contributed by atoms with van der Waals surface area (Å²) in [6.07, 6.45) is 15.2. The van der Waals surface area contributed by atoms with E-state index < -0.39 is 0 Å². The van der Waals surface area contributed by atoms with Crippen molar-refractivity contribution < 1.29 is 4.79 Å². The molecule has 1 aromatic heterocycles. The first-order valence-corrected chi connectivity index (χ1v) is 12.3. The molecule has 5 nitrogen and oxygen atoms in total. The number of hydrogen-bond acceptors (Lipinski definition) is 4. The summed E-state index contributed by atoms with van der Waals surface area (Å²) in [4.78, 5) is 24.6. The van der Waals surface area contributed by atoms with Crippen LogP contribution in [-0.2, 0) is 11.3 Å². The quantitative estimate of drug-likeness (QED) is 0.713. The molecule has 2 aliphatic heterocycles. The molecule has 0 unspecified atom stereocenters. The van der Waals surface area contributed by atoms with Crippen LogP contribution in [0.25, 0.3) is 0 Å². The van der Waals surface area contributed by atoms with Crippen molar-refractivity contribution in [2.24, 2.45) is 11.8 Å². The summed E-state index contributed by atoms with van der Waals surface area (Å²) in [5.41, 5.74) is 1.31. The maximum absolute atomic E-state index is 13.1. The van der Waals surface area contributed by atoms with Gasteiger partial charge in [0.05, 0.1) is 5.92 Å². The second-order valence-corrected chi connectivity index (χ2v) is 9.93. The summed E-state index contributed by atoms with van der Waals surface area (Å²) in [6.45, 7) is 6.42. The predicted molar refractivity (Wildman–Crippen MR) is 121 cm³/mol. The Bertz CT molecular complexity index is 652. The van der Waals surface area contributed by atoms with Crippen molar-refractivity contribution in [3.63, 3.8) is 0 Å². The highest BCUT2D eigenvalue weighted by atomic mass is 16.2. The van der Waals surface area contributed by atoms with Crippen molar-refractivity contribution in [2.75, 3.05) is 39.8 Å². The van der Waals surface area contributed by atoms with Crippen LogP contribution in [0.15, 0.2) is 24.5 Å². The summed E-state index contributed by atoms with van der Waals surface area (Å²) in [7, 11) is 2.05. The molecule has 5 heteroatoms. The molecule has 2 saturated heterocycles. The van der Waals surface area contributed by atoms with Gasteiger partial charge in [-0.05, 0) is 75.7 Å². The molecule has 166 valence electrons. The maximum atomic E-state index is 13.1. The molecule has 1 aliphatic carbocycles. The lowest BCUT2D eigenvalue weighted by Crippen LogP contribution is -2.51. The van der Waals surface area contributed by atoms with Gasteiger partial charge in [0.25, 0.3) is 0 Å². The predicted octanol–water partition coefficient (Wildman–Crippen LogP) is 3.80. The van der Waals surface area contributed by atoms with E-state index in [9.17, 15) is 4.79 Å². The van der Waals surface area contributed by atoms with Gasteiger partial charge >= 0.3 is 0 Å². The Hall–Kier alpha value is -1.46. The number of hydrogen-bond donors (Lipinski definition) is 0.